The number of nitrogens with zero attached hydrogens (tertiary/aromatic N) is 4. The van der Waals surface area contributed by atoms with Crippen molar-refractivity contribution in [2.75, 3.05) is 5.32 Å². The lowest BCUT2D eigenvalue weighted by Crippen LogP contribution is -2.09. The number of pyridine rings is 2. The van der Waals surface area contributed by atoms with Gasteiger partial charge in [0.2, 0.25) is 0 Å². The van der Waals surface area contributed by atoms with Gasteiger partial charge in [-0.25, -0.2) is 15.0 Å². The van der Waals surface area contributed by atoms with Gasteiger partial charge < -0.3 is 5.32 Å². The van der Waals surface area contributed by atoms with Crippen LogP contribution in [-0.2, 0) is 11.2 Å². The van der Waals surface area contributed by atoms with Crippen LogP contribution in [0.4, 0.5) is 10.9 Å². The number of Topliss-reactive ketones (excluding diaryl/α,β-unsaturated/α-hetero) is 1. The number of hydrogen-bond acceptors (Lipinski definition) is 7. The summed E-state index contributed by atoms with van der Waals surface area (Å²) in [6, 6.07) is 7.88. The predicted molar refractivity (Wildman–Crippen MR) is 109 cm³/mol. The van der Waals surface area contributed by atoms with Crippen LogP contribution >= 0.6 is 11.3 Å². The molecule has 7 nitrogen and oxygen atoms in total. The lowest BCUT2D eigenvalue weighted by molar-refractivity contribution is -0.120. The van der Waals surface area contributed by atoms with E-state index in [1.54, 1.807) is 12.4 Å². The van der Waals surface area contributed by atoms with Crippen LogP contribution in [0, 0.1) is 5.92 Å². The molecule has 8 heteroatoms. The van der Waals surface area contributed by atoms with Gasteiger partial charge in [-0.2, -0.15) is 5.10 Å². The molecule has 0 saturated heterocycles. The van der Waals surface area contributed by atoms with Crippen molar-refractivity contribution in [2.45, 2.75) is 25.7 Å². The van der Waals surface area contributed by atoms with E-state index in [9.17, 15) is 4.79 Å². The van der Waals surface area contributed by atoms with E-state index in [1.807, 2.05) is 30.5 Å². The van der Waals surface area contributed by atoms with E-state index in [2.05, 4.69) is 30.5 Å². The van der Waals surface area contributed by atoms with E-state index >= 15 is 0 Å². The second kappa shape index (κ2) is 7.12. The van der Waals surface area contributed by atoms with Crippen molar-refractivity contribution < 1.29 is 4.79 Å². The smallest absolute Gasteiger partial charge is 0.190 e. The average molecular weight is 390 g/mol. The number of aromatic nitrogens is 5. The molecule has 1 fully saturated rings. The van der Waals surface area contributed by atoms with Crippen molar-refractivity contribution in [1.82, 2.24) is 25.1 Å². The number of hydrogen-bond donors (Lipinski definition) is 2. The quantitative estimate of drug-likeness (QED) is 0.532. The standard InChI is InChI=1S/C20H18N6OS/c27-17-3-1-2-13(17)8-12-6-7-21-18(9-12)26-20-25-16-5-4-15(24-19(16)28-20)14-10-22-23-11-14/h4-7,9-11,13H,1-3,8H2,(H,22,23)(H,21,25,26). The van der Waals surface area contributed by atoms with Gasteiger partial charge in [0.1, 0.15) is 21.9 Å². The third-order valence-electron chi connectivity index (χ3n) is 5.02. The Morgan fingerprint density at radius 3 is 3.04 bits per heavy atom. The molecule has 1 saturated carbocycles. The van der Waals surface area contributed by atoms with Crippen LogP contribution in [0.3, 0.4) is 0 Å². The van der Waals surface area contributed by atoms with Crippen molar-refractivity contribution in [3.05, 3.63) is 48.4 Å². The van der Waals surface area contributed by atoms with E-state index < -0.39 is 0 Å². The highest BCUT2D eigenvalue weighted by Crippen LogP contribution is 2.30. The van der Waals surface area contributed by atoms with Gasteiger partial charge >= 0.3 is 0 Å². The minimum atomic E-state index is 0.156. The number of ketones is 1. The molecular formula is C20H18N6OS. The molecule has 0 amide bonds. The molecule has 4 aromatic heterocycles. The predicted octanol–water partition coefficient (Wildman–Crippen LogP) is 4.13. The molecule has 140 valence electrons. The second-order valence-electron chi connectivity index (χ2n) is 6.96. The summed E-state index contributed by atoms with van der Waals surface area (Å²) in [7, 11) is 0. The summed E-state index contributed by atoms with van der Waals surface area (Å²) >= 11 is 1.48. The number of carbonyl (C=O) groups is 1. The van der Waals surface area contributed by atoms with E-state index in [0.29, 0.717) is 5.78 Å². The normalized spacial score (nSPS) is 16.7. The zero-order valence-corrected chi connectivity index (χ0v) is 15.9. The Morgan fingerprint density at radius 2 is 2.21 bits per heavy atom. The first-order valence-electron chi connectivity index (χ1n) is 9.26. The van der Waals surface area contributed by atoms with Crippen molar-refractivity contribution in [3.8, 4) is 11.3 Å². The van der Waals surface area contributed by atoms with E-state index in [4.69, 9.17) is 0 Å². The molecule has 1 atom stereocenters. The van der Waals surface area contributed by atoms with Gasteiger partial charge in [-0.1, -0.05) is 11.3 Å². The zero-order valence-electron chi connectivity index (χ0n) is 15.1. The molecule has 4 heterocycles. The van der Waals surface area contributed by atoms with Gasteiger partial charge in [0.15, 0.2) is 5.13 Å². The lowest BCUT2D eigenvalue weighted by atomic mass is 9.98. The van der Waals surface area contributed by atoms with Gasteiger partial charge in [-0.3, -0.25) is 9.89 Å². The fourth-order valence-electron chi connectivity index (χ4n) is 3.59. The third kappa shape index (κ3) is 3.38. The average Bonchev–Trinajstić information content (AvgIpc) is 3.43. The summed E-state index contributed by atoms with van der Waals surface area (Å²) in [4.78, 5) is 26.4. The topological polar surface area (TPSA) is 96.5 Å². The second-order valence-corrected chi connectivity index (χ2v) is 7.94. The first kappa shape index (κ1) is 17.0. The van der Waals surface area contributed by atoms with Crippen molar-refractivity contribution in [1.29, 1.82) is 0 Å². The molecule has 1 aliphatic carbocycles. The maximum atomic E-state index is 11.9. The monoisotopic (exact) mass is 390 g/mol. The molecule has 0 bridgehead atoms. The maximum Gasteiger partial charge on any atom is 0.190 e. The minimum Gasteiger partial charge on any atom is -0.316 e. The van der Waals surface area contributed by atoms with Gasteiger partial charge in [0.05, 0.1) is 11.9 Å². The largest absolute Gasteiger partial charge is 0.316 e. The van der Waals surface area contributed by atoms with Crippen LogP contribution in [0.5, 0.6) is 0 Å². The van der Waals surface area contributed by atoms with Crippen LogP contribution in [-0.4, -0.2) is 30.9 Å². The molecule has 0 radical (unpaired) electrons. The van der Waals surface area contributed by atoms with E-state index in [-0.39, 0.29) is 5.92 Å². The molecule has 0 aliphatic heterocycles. The van der Waals surface area contributed by atoms with Gasteiger partial charge in [-0.15, -0.1) is 0 Å². The molecule has 5 rings (SSSR count). The lowest BCUT2D eigenvalue weighted by Gasteiger charge is -2.09. The SMILES string of the molecule is O=C1CCCC1Cc1ccnc(Nc2nc3ccc(-c4cn[nH]c4)nc3s2)c1. The molecular weight excluding hydrogens is 372 g/mol. The van der Waals surface area contributed by atoms with Crippen LogP contribution < -0.4 is 5.32 Å². The fourth-order valence-corrected chi connectivity index (χ4v) is 4.43. The molecule has 1 unspecified atom stereocenters. The molecule has 1 aliphatic rings. The number of rotatable bonds is 5. The number of thiazole rings is 1. The highest BCUT2D eigenvalue weighted by molar-refractivity contribution is 7.21. The van der Waals surface area contributed by atoms with Gasteiger partial charge in [0.25, 0.3) is 0 Å². The molecule has 28 heavy (non-hydrogen) atoms. The molecule has 0 spiro atoms. The zero-order chi connectivity index (χ0) is 18.9. The van der Waals surface area contributed by atoms with Crippen LogP contribution in [0.2, 0.25) is 0 Å². The summed E-state index contributed by atoms with van der Waals surface area (Å²) < 4.78 is 0. The number of H-pyrrole nitrogens is 1. The number of anilines is 2. The third-order valence-corrected chi connectivity index (χ3v) is 5.90. The van der Waals surface area contributed by atoms with Crippen molar-refractivity contribution in [3.63, 3.8) is 0 Å². The number of nitrogens with one attached hydrogen (secondary N) is 2. The van der Waals surface area contributed by atoms with Crippen molar-refractivity contribution in [2.24, 2.45) is 5.92 Å². The Labute approximate surface area is 165 Å². The van der Waals surface area contributed by atoms with Gasteiger partial charge in [0, 0.05) is 30.3 Å². The Balaban J connectivity index is 1.36. The summed E-state index contributed by atoms with van der Waals surface area (Å²) in [6.45, 7) is 0. The first-order valence-corrected chi connectivity index (χ1v) is 10.1. The van der Waals surface area contributed by atoms with Crippen molar-refractivity contribution >= 4 is 38.4 Å². The molecule has 4 aromatic rings. The number of fused-ring (bicyclic) bond motifs is 1. The number of carbonyl (C=O) groups excluding carboxylic acids is 1. The Bertz CT molecular complexity index is 1140. The maximum absolute atomic E-state index is 11.9. The first-order chi connectivity index (χ1) is 13.7. The van der Waals surface area contributed by atoms with Crippen LogP contribution in [0.1, 0.15) is 24.8 Å². The summed E-state index contributed by atoms with van der Waals surface area (Å²) in [6.07, 6.45) is 8.86. The minimum absolute atomic E-state index is 0.156. The molecule has 2 N–H and O–H groups in total. The highest BCUT2D eigenvalue weighted by atomic mass is 32.1. The van der Waals surface area contributed by atoms with E-state index in [0.717, 1.165) is 63.8 Å². The Kier molecular flexibility index (Phi) is 4.32. The van der Waals surface area contributed by atoms with Gasteiger partial charge in [-0.05, 0) is 49.1 Å². The van der Waals surface area contributed by atoms with E-state index in [1.165, 1.54) is 11.3 Å². The van der Waals surface area contributed by atoms with Crippen LogP contribution in [0.15, 0.2) is 42.9 Å². The summed E-state index contributed by atoms with van der Waals surface area (Å²) in [5, 5.41) is 10.8. The Morgan fingerprint density at radius 1 is 1.25 bits per heavy atom. The Hall–Kier alpha value is -3.13. The summed E-state index contributed by atoms with van der Waals surface area (Å²) in [5.41, 5.74) is 3.77. The highest BCUT2D eigenvalue weighted by Gasteiger charge is 2.24. The van der Waals surface area contributed by atoms with Crippen LogP contribution in [0.25, 0.3) is 21.6 Å². The molecule has 0 aromatic carbocycles. The summed E-state index contributed by atoms with van der Waals surface area (Å²) in [5.74, 6) is 1.28. The fraction of sp³-hybridized carbons (Fsp3) is 0.250. The number of aromatic amines is 1.